The Bertz CT molecular complexity index is 303. The molecule has 1 aromatic heterocycles. The van der Waals surface area contributed by atoms with E-state index in [1.807, 2.05) is 20.8 Å². The second-order valence-corrected chi connectivity index (χ2v) is 4.04. The Hall–Kier alpha value is -1.43. The Morgan fingerprint density at radius 3 is 2.87 bits per heavy atom. The molecule has 0 radical (unpaired) electrons. The van der Waals surface area contributed by atoms with Gasteiger partial charge in [-0.1, -0.05) is 5.16 Å². The van der Waals surface area contributed by atoms with E-state index in [1.54, 1.807) is 0 Å². The van der Waals surface area contributed by atoms with Crippen molar-refractivity contribution in [1.29, 1.82) is 0 Å². The molecule has 1 aromatic rings. The third-order valence-electron chi connectivity index (χ3n) is 1.38. The molecule has 0 aliphatic rings. The van der Waals surface area contributed by atoms with Gasteiger partial charge in [-0.25, -0.2) is 0 Å². The van der Waals surface area contributed by atoms with Crippen LogP contribution in [0.15, 0.2) is 10.9 Å². The Balaban J connectivity index is 2.18. The van der Waals surface area contributed by atoms with E-state index in [1.165, 1.54) is 6.39 Å². The van der Waals surface area contributed by atoms with Crippen molar-refractivity contribution in [2.75, 3.05) is 6.54 Å². The first-order valence-corrected chi connectivity index (χ1v) is 4.65. The second kappa shape index (κ2) is 4.88. The van der Waals surface area contributed by atoms with Crippen LogP contribution >= 0.6 is 0 Å². The monoisotopic (exact) mass is 213 g/mol. The summed E-state index contributed by atoms with van der Waals surface area (Å²) in [6.07, 6.45) is 1.24. The minimum Gasteiger partial charge on any atom is -0.459 e. The van der Waals surface area contributed by atoms with Crippen molar-refractivity contribution in [3.8, 4) is 0 Å². The Labute approximate surface area is 88.0 Å². The summed E-state index contributed by atoms with van der Waals surface area (Å²) in [7, 11) is 0. The SMILES string of the molecule is CC(C)(C)OC(=O)CNCc1ncon1. The fraction of sp³-hybridized carbons (Fsp3) is 0.667. The van der Waals surface area contributed by atoms with Gasteiger partial charge in [0, 0.05) is 0 Å². The summed E-state index contributed by atoms with van der Waals surface area (Å²) < 4.78 is 9.63. The lowest BCUT2D eigenvalue weighted by molar-refractivity contribution is -0.153. The van der Waals surface area contributed by atoms with Crippen LogP contribution in [0, 0.1) is 0 Å². The van der Waals surface area contributed by atoms with Crippen molar-refractivity contribution in [3.05, 3.63) is 12.2 Å². The highest BCUT2D eigenvalue weighted by molar-refractivity contribution is 5.72. The van der Waals surface area contributed by atoms with Crippen molar-refractivity contribution < 1.29 is 14.1 Å². The van der Waals surface area contributed by atoms with Gasteiger partial charge in [0.15, 0.2) is 5.82 Å². The molecule has 0 atom stereocenters. The van der Waals surface area contributed by atoms with E-state index in [0.29, 0.717) is 12.4 Å². The molecule has 84 valence electrons. The van der Waals surface area contributed by atoms with Crippen molar-refractivity contribution in [2.24, 2.45) is 0 Å². The average molecular weight is 213 g/mol. The number of carbonyl (C=O) groups is 1. The molecular formula is C9H15N3O3. The zero-order valence-electron chi connectivity index (χ0n) is 9.11. The number of nitrogens with one attached hydrogen (secondary N) is 1. The van der Waals surface area contributed by atoms with Crippen LogP contribution < -0.4 is 5.32 Å². The maximum atomic E-state index is 11.2. The summed E-state index contributed by atoms with van der Waals surface area (Å²) in [6, 6.07) is 0. The number of hydrogen-bond donors (Lipinski definition) is 1. The van der Waals surface area contributed by atoms with Crippen LogP contribution in [-0.2, 0) is 16.1 Å². The van der Waals surface area contributed by atoms with E-state index < -0.39 is 5.60 Å². The van der Waals surface area contributed by atoms with Gasteiger partial charge in [0.1, 0.15) is 5.60 Å². The lowest BCUT2D eigenvalue weighted by atomic mass is 10.2. The Kier molecular flexibility index (Phi) is 3.79. The molecule has 6 nitrogen and oxygen atoms in total. The van der Waals surface area contributed by atoms with Crippen LogP contribution in [0.25, 0.3) is 0 Å². The maximum Gasteiger partial charge on any atom is 0.320 e. The zero-order chi connectivity index (χ0) is 11.3. The van der Waals surface area contributed by atoms with Crippen molar-refractivity contribution in [1.82, 2.24) is 15.5 Å². The van der Waals surface area contributed by atoms with Crippen LogP contribution in [0.3, 0.4) is 0 Å². The summed E-state index contributed by atoms with van der Waals surface area (Å²) in [4.78, 5) is 15.0. The van der Waals surface area contributed by atoms with Crippen LogP contribution in [0.1, 0.15) is 26.6 Å². The highest BCUT2D eigenvalue weighted by atomic mass is 16.6. The first-order valence-electron chi connectivity index (χ1n) is 4.65. The molecule has 6 heteroatoms. The van der Waals surface area contributed by atoms with E-state index in [2.05, 4.69) is 20.0 Å². The minimum atomic E-state index is -0.453. The largest absolute Gasteiger partial charge is 0.459 e. The molecule has 15 heavy (non-hydrogen) atoms. The van der Waals surface area contributed by atoms with E-state index in [4.69, 9.17) is 4.74 Å². The first-order chi connectivity index (χ1) is 6.97. The number of nitrogens with zero attached hydrogens (tertiary/aromatic N) is 2. The smallest absolute Gasteiger partial charge is 0.320 e. The molecule has 0 saturated carbocycles. The van der Waals surface area contributed by atoms with Gasteiger partial charge in [-0.15, -0.1) is 0 Å². The third kappa shape index (κ3) is 5.11. The Morgan fingerprint density at radius 1 is 1.60 bits per heavy atom. The van der Waals surface area contributed by atoms with Gasteiger partial charge in [0.05, 0.1) is 13.1 Å². The number of carbonyl (C=O) groups excluding carboxylic acids is 1. The molecule has 0 aliphatic heterocycles. The molecule has 1 rings (SSSR count). The van der Waals surface area contributed by atoms with E-state index in [9.17, 15) is 4.79 Å². The maximum absolute atomic E-state index is 11.2. The third-order valence-corrected chi connectivity index (χ3v) is 1.38. The number of esters is 1. The fourth-order valence-corrected chi connectivity index (χ4v) is 0.924. The van der Waals surface area contributed by atoms with Gasteiger partial charge in [-0.05, 0) is 20.8 Å². The van der Waals surface area contributed by atoms with Gasteiger partial charge < -0.3 is 9.26 Å². The molecular weight excluding hydrogens is 198 g/mol. The summed E-state index contributed by atoms with van der Waals surface area (Å²) in [6.45, 7) is 5.99. The van der Waals surface area contributed by atoms with Crippen molar-refractivity contribution in [2.45, 2.75) is 32.9 Å². The first kappa shape index (κ1) is 11.6. The molecule has 1 N–H and O–H groups in total. The average Bonchev–Trinajstić information content (AvgIpc) is 2.53. The molecule has 0 unspecified atom stereocenters. The predicted molar refractivity (Wildman–Crippen MR) is 51.8 cm³/mol. The Morgan fingerprint density at radius 2 is 2.33 bits per heavy atom. The number of rotatable bonds is 4. The normalized spacial score (nSPS) is 11.4. The molecule has 0 fully saturated rings. The molecule has 0 saturated heterocycles. The van der Waals surface area contributed by atoms with Gasteiger partial charge >= 0.3 is 5.97 Å². The summed E-state index contributed by atoms with van der Waals surface area (Å²) in [5.74, 6) is 0.213. The summed E-state index contributed by atoms with van der Waals surface area (Å²) in [5, 5.41) is 6.44. The van der Waals surface area contributed by atoms with Gasteiger partial charge in [-0.3, -0.25) is 10.1 Å². The topological polar surface area (TPSA) is 77.2 Å². The molecule has 0 aromatic carbocycles. The van der Waals surface area contributed by atoms with Crippen LogP contribution in [0.5, 0.6) is 0 Å². The minimum absolute atomic E-state index is 0.131. The lowest BCUT2D eigenvalue weighted by Crippen LogP contribution is -2.31. The van der Waals surface area contributed by atoms with Gasteiger partial charge in [0.25, 0.3) is 0 Å². The summed E-state index contributed by atoms with van der Waals surface area (Å²) >= 11 is 0. The van der Waals surface area contributed by atoms with Crippen molar-refractivity contribution in [3.63, 3.8) is 0 Å². The molecule has 0 bridgehead atoms. The quantitative estimate of drug-likeness (QED) is 0.734. The van der Waals surface area contributed by atoms with Crippen LogP contribution in [0.4, 0.5) is 0 Å². The second-order valence-electron chi connectivity index (χ2n) is 4.04. The van der Waals surface area contributed by atoms with Crippen LogP contribution in [-0.4, -0.2) is 28.3 Å². The predicted octanol–water partition coefficient (Wildman–Crippen LogP) is 0.501. The molecule has 0 amide bonds. The van der Waals surface area contributed by atoms with E-state index >= 15 is 0 Å². The van der Waals surface area contributed by atoms with E-state index in [0.717, 1.165) is 0 Å². The highest BCUT2D eigenvalue weighted by Crippen LogP contribution is 2.06. The van der Waals surface area contributed by atoms with E-state index in [-0.39, 0.29) is 12.5 Å². The van der Waals surface area contributed by atoms with Gasteiger partial charge in [0.2, 0.25) is 6.39 Å². The highest BCUT2D eigenvalue weighted by Gasteiger charge is 2.15. The number of ether oxygens (including phenoxy) is 1. The fourth-order valence-electron chi connectivity index (χ4n) is 0.924. The zero-order valence-corrected chi connectivity index (χ0v) is 9.11. The van der Waals surface area contributed by atoms with Crippen molar-refractivity contribution >= 4 is 5.97 Å². The molecule has 1 heterocycles. The summed E-state index contributed by atoms with van der Waals surface area (Å²) in [5.41, 5.74) is -0.453. The molecule has 0 aliphatic carbocycles. The number of hydrogen-bond acceptors (Lipinski definition) is 6. The standard InChI is InChI=1S/C9H15N3O3/c1-9(2,3)15-8(13)5-10-4-7-11-6-14-12-7/h6,10H,4-5H2,1-3H3. The van der Waals surface area contributed by atoms with Crippen LogP contribution in [0.2, 0.25) is 0 Å². The lowest BCUT2D eigenvalue weighted by Gasteiger charge is -2.19. The number of aromatic nitrogens is 2. The van der Waals surface area contributed by atoms with Gasteiger partial charge in [-0.2, -0.15) is 4.98 Å². The molecule has 0 spiro atoms.